The van der Waals surface area contributed by atoms with Crippen molar-refractivity contribution in [1.82, 2.24) is 14.9 Å². The second kappa shape index (κ2) is 10.9. The molecule has 182 valence electrons. The van der Waals surface area contributed by atoms with Gasteiger partial charge in [-0.2, -0.15) is 0 Å². The number of carbonyl (C=O) groups excluding carboxylic acids is 2. The van der Waals surface area contributed by atoms with Gasteiger partial charge in [0.25, 0.3) is 5.91 Å². The molecule has 0 atom stereocenters. The van der Waals surface area contributed by atoms with Gasteiger partial charge in [-0.25, -0.2) is 9.37 Å². The predicted octanol–water partition coefficient (Wildman–Crippen LogP) is 4.19. The molecule has 1 aliphatic heterocycles. The summed E-state index contributed by atoms with van der Waals surface area (Å²) in [4.78, 5) is 33.8. The Labute approximate surface area is 203 Å². The van der Waals surface area contributed by atoms with Crippen LogP contribution in [0, 0.1) is 5.82 Å². The molecule has 8 nitrogen and oxygen atoms in total. The number of nitrogens with zero attached hydrogens (tertiary/aromatic N) is 3. The minimum absolute atomic E-state index is 0.222. The lowest BCUT2D eigenvalue weighted by molar-refractivity contribution is -0.131. The van der Waals surface area contributed by atoms with Crippen molar-refractivity contribution in [2.24, 2.45) is 5.73 Å². The number of primary amides is 1. The third-order valence-electron chi connectivity index (χ3n) is 6.22. The normalized spacial score (nSPS) is 13.9. The number of rotatable bonds is 8. The highest BCUT2D eigenvalue weighted by molar-refractivity contribution is 5.98. The van der Waals surface area contributed by atoms with Crippen LogP contribution in [-0.2, 0) is 11.3 Å². The summed E-state index contributed by atoms with van der Waals surface area (Å²) < 4.78 is 13.4. The van der Waals surface area contributed by atoms with Gasteiger partial charge in [-0.05, 0) is 48.1 Å². The molecule has 2 aromatic heterocycles. The zero-order chi connectivity index (χ0) is 24.8. The first-order valence-corrected chi connectivity index (χ1v) is 11.7. The summed E-state index contributed by atoms with van der Waals surface area (Å²) in [6.07, 6.45) is 6.58. The number of anilines is 3. The summed E-state index contributed by atoms with van der Waals surface area (Å²) in [6.45, 7) is 3.77. The molecular formula is C26H29FN6O2. The monoisotopic (exact) mass is 476 g/mol. The van der Waals surface area contributed by atoms with Crippen molar-refractivity contribution < 1.29 is 14.0 Å². The molecular weight excluding hydrogens is 447 g/mol. The van der Waals surface area contributed by atoms with Crippen molar-refractivity contribution in [2.75, 3.05) is 23.7 Å². The molecule has 0 bridgehead atoms. The second-order valence-corrected chi connectivity index (χ2v) is 8.60. The maximum atomic E-state index is 13.4. The van der Waals surface area contributed by atoms with E-state index < -0.39 is 11.7 Å². The molecule has 4 N–H and O–H groups in total. The van der Waals surface area contributed by atoms with Gasteiger partial charge in [0.05, 0.1) is 17.4 Å². The summed E-state index contributed by atoms with van der Waals surface area (Å²) in [5.41, 5.74) is 8.96. The highest BCUT2D eigenvalue weighted by atomic mass is 19.1. The summed E-state index contributed by atoms with van der Waals surface area (Å²) >= 11 is 0. The number of hydrogen-bond donors (Lipinski definition) is 3. The number of hydrogen-bond acceptors (Lipinski definition) is 6. The number of amides is 2. The third-order valence-corrected chi connectivity index (χ3v) is 6.22. The van der Waals surface area contributed by atoms with Gasteiger partial charge in [-0.15, -0.1) is 0 Å². The van der Waals surface area contributed by atoms with E-state index in [1.165, 1.54) is 17.8 Å². The SMILES string of the molecule is CCC(=O)N1CCC(c2ccc(Nc3cc(NCc4cncc(F)c4)c(C(N)=O)cn3)cc2)CC1. The summed E-state index contributed by atoms with van der Waals surface area (Å²) in [5.74, 6) is 0.152. The number of halogens is 1. The molecule has 1 fully saturated rings. The van der Waals surface area contributed by atoms with Gasteiger partial charge in [0.1, 0.15) is 11.6 Å². The van der Waals surface area contributed by atoms with E-state index in [4.69, 9.17) is 5.73 Å². The quantitative estimate of drug-likeness (QED) is 0.449. The Morgan fingerprint density at radius 2 is 1.86 bits per heavy atom. The number of aromatic nitrogens is 2. The van der Waals surface area contributed by atoms with Crippen molar-refractivity contribution in [3.8, 4) is 0 Å². The van der Waals surface area contributed by atoms with Crippen molar-refractivity contribution in [1.29, 1.82) is 0 Å². The first-order chi connectivity index (χ1) is 16.9. The van der Waals surface area contributed by atoms with E-state index in [9.17, 15) is 14.0 Å². The fourth-order valence-electron chi connectivity index (χ4n) is 4.29. The third kappa shape index (κ3) is 6.11. The summed E-state index contributed by atoms with van der Waals surface area (Å²) in [6, 6.07) is 11.2. The zero-order valence-electron chi connectivity index (χ0n) is 19.6. The van der Waals surface area contributed by atoms with Crippen LogP contribution in [-0.4, -0.2) is 39.8 Å². The van der Waals surface area contributed by atoms with Crippen LogP contribution in [0.5, 0.6) is 0 Å². The number of nitrogens with one attached hydrogen (secondary N) is 2. The van der Waals surface area contributed by atoms with E-state index in [0.29, 0.717) is 29.4 Å². The van der Waals surface area contributed by atoms with Crippen molar-refractivity contribution in [3.05, 3.63) is 77.5 Å². The second-order valence-electron chi connectivity index (χ2n) is 8.60. The summed E-state index contributed by atoms with van der Waals surface area (Å²) in [5, 5.41) is 6.37. The standard InChI is InChI=1S/C26H29FN6O2/c1-2-25(34)33-9-7-19(8-10-33)18-3-5-21(6-4-18)32-24-12-23(22(16-31-24)26(28)35)30-14-17-11-20(27)15-29-13-17/h3-6,11-13,15-16,19H,2,7-10,14H2,1H3,(H2,28,35)(H2,30,31,32). The zero-order valence-corrected chi connectivity index (χ0v) is 19.6. The number of piperidine rings is 1. The Bertz CT molecular complexity index is 1190. The van der Waals surface area contributed by atoms with E-state index in [0.717, 1.165) is 37.8 Å². The fraction of sp³-hybridized carbons (Fsp3) is 0.308. The molecule has 0 unspecified atom stereocenters. The molecule has 0 spiro atoms. The lowest BCUT2D eigenvalue weighted by atomic mass is 9.89. The van der Waals surface area contributed by atoms with Gasteiger partial charge < -0.3 is 21.3 Å². The first kappa shape index (κ1) is 24.1. The summed E-state index contributed by atoms with van der Waals surface area (Å²) in [7, 11) is 0. The topological polar surface area (TPSA) is 113 Å². The Balaban J connectivity index is 1.41. The number of carbonyl (C=O) groups is 2. The van der Waals surface area contributed by atoms with Crippen LogP contribution in [0.4, 0.5) is 21.6 Å². The lowest BCUT2D eigenvalue weighted by Gasteiger charge is -2.32. The molecule has 1 saturated heterocycles. The van der Waals surface area contributed by atoms with Gasteiger partial charge in [-0.3, -0.25) is 14.6 Å². The number of benzene rings is 1. The van der Waals surface area contributed by atoms with Gasteiger partial charge in [0.15, 0.2) is 0 Å². The van der Waals surface area contributed by atoms with Crippen molar-refractivity contribution in [2.45, 2.75) is 38.6 Å². The number of pyridine rings is 2. The van der Waals surface area contributed by atoms with Crippen LogP contribution in [0.2, 0.25) is 0 Å². The maximum Gasteiger partial charge on any atom is 0.252 e. The van der Waals surface area contributed by atoms with Gasteiger partial charge in [-0.1, -0.05) is 19.1 Å². The molecule has 1 aliphatic rings. The Kier molecular flexibility index (Phi) is 7.54. The minimum Gasteiger partial charge on any atom is -0.380 e. The van der Waals surface area contributed by atoms with Crippen LogP contribution in [0.3, 0.4) is 0 Å². The highest BCUT2D eigenvalue weighted by Crippen LogP contribution is 2.30. The maximum absolute atomic E-state index is 13.4. The minimum atomic E-state index is -0.611. The molecule has 35 heavy (non-hydrogen) atoms. The van der Waals surface area contributed by atoms with E-state index >= 15 is 0 Å². The Morgan fingerprint density at radius 3 is 2.51 bits per heavy atom. The van der Waals surface area contributed by atoms with E-state index in [1.807, 2.05) is 24.0 Å². The van der Waals surface area contributed by atoms with Gasteiger partial charge in [0.2, 0.25) is 5.91 Å². The smallest absolute Gasteiger partial charge is 0.252 e. The van der Waals surface area contributed by atoms with Crippen LogP contribution in [0.25, 0.3) is 0 Å². The Hall–Kier alpha value is -4.01. The van der Waals surface area contributed by atoms with Gasteiger partial charge >= 0.3 is 0 Å². The highest BCUT2D eigenvalue weighted by Gasteiger charge is 2.22. The molecule has 0 radical (unpaired) electrons. The number of likely N-dealkylation sites (tertiary alicyclic amines) is 1. The lowest BCUT2D eigenvalue weighted by Crippen LogP contribution is -2.37. The fourth-order valence-corrected chi connectivity index (χ4v) is 4.29. The van der Waals surface area contributed by atoms with Crippen LogP contribution >= 0.6 is 0 Å². The molecule has 2 amide bonds. The van der Waals surface area contributed by atoms with Crippen LogP contribution < -0.4 is 16.4 Å². The molecule has 0 aliphatic carbocycles. The van der Waals surface area contributed by atoms with Crippen LogP contribution in [0.1, 0.15) is 53.6 Å². The predicted molar refractivity (Wildman–Crippen MR) is 133 cm³/mol. The van der Waals surface area contributed by atoms with Crippen molar-refractivity contribution in [3.63, 3.8) is 0 Å². The largest absolute Gasteiger partial charge is 0.380 e. The Morgan fingerprint density at radius 1 is 1.11 bits per heavy atom. The number of nitrogens with two attached hydrogens (primary N) is 1. The average Bonchev–Trinajstić information content (AvgIpc) is 2.87. The molecule has 9 heteroatoms. The van der Waals surface area contributed by atoms with Crippen molar-refractivity contribution >= 4 is 29.0 Å². The molecule has 0 saturated carbocycles. The molecule has 1 aromatic carbocycles. The average molecular weight is 477 g/mol. The van der Waals surface area contributed by atoms with E-state index in [2.05, 4.69) is 32.7 Å². The first-order valence-electron chi connectivity index (χ1n) is 11.7. The molecule has 3 heterocycles. The van der Waals surface area contributed by atoms with E-state index in [1.54, 1.807) is 12.3 Å². The molecule has 3 aromatic rings. The van der Waals surface area contributed by atoms with E-state index in [-0.39, 0.29) is 18.0 Å². The molecule has 4 rings (SSSR count). The van der Waals surface area contributed by atoms with Crippen LogP contribution in [0.15, 0.2) is 55.0 Å². The van der Waals surface area contributed by atoms with Gasteiger partial charge in [0, 0.05) is 50.2 Å².